The van der Waals surface area contributed by atoms with E-state index in [9.17, 15) is 0 Å². The molecule has 0 aromatic rings. The van der Waals surface area contributed by atoms with E-state index in [1.165, 1.54) is 17.2 Å². The Bertz CT molecular complexity index is 315. The SMILES string of the molecule is CCC1=CC=C(C)C1[N-]C(C)(C)C[SiH](C)C.[Cl-].[Cl-].[Ti+3]. The number of halogens is 2. The molecular weight excluding hydrogens is 329 g/mol. The molecule has 1 nitrogen and oxygen atoms in total. The van der Waals surface area contributed by atoms with Crippen molar-refractivity contribution in [2.75, 3.05) is 0 Å². The molecule has 1 aliphatic rings. The topological polar surface area (TPSA) is 14.1 Å². The Labute approximate surface area is 148 Å². The summed E-state index contributed by atoms with van der Waals surface area (Å²) < 4.78 is 0. The molecule has 1 rings (SSSR count). The van der Waals surface area contributed by atoms with Gasteiger partial charge in [-0.3, -0.25) is 0 Å². The van der Waals surface area contributed by atoms with Crippen LogP contribution in [-0.4, -0.2) is 20.4 Å². The van der Waals surface area contributed by atoms with Crippen LogP contribution in [0.1, 0.15) is 34.1 Å². The van der Waals surface area contributed by atoms with Crippen molar-refractivity contribution in [2.45, 2.75) is 64.8 Å². The van der Waals surface area contributed by atoms with Crippen molar-refractivity contribution in [1.82, 2.24) is 0 Å². The molecule has 0 aromatic heterocycles. The van der Waals surface area contributed by atoms with Gasteiger partial charge < -0.3 is 30.1 Å². The molecule has 0 spiro atoms. The Morgan fingerprint density at radius 1 is 1.21 bits per heavy atom. The minimum absolute atomic E-state index is 0. The van der Waals surface area contributed by atoms with Crippen LogP contribution in [0.2, 0.25) is 19.1 Å². The Morgan fingerprint density at radius 2 is 1.74 bits per heavy atom. The predicted molar refractivity (Wildman–Crippen MR) is 77.0 cm³/mol. The summed E-state index contributed by atoms with van der Waals surface area (Å²) in [7, 11) is -0.538. The first kappa shape index (κ1) is 24.9. The van der Waals surface area contributed by atoms with Gasteiger partial charge in [0.2, 0.25) is 0 Å². The van der Waals surface area contributed by atoms with Crippen LogP contribution >= 0.6 is 0 Å². The first-order chi connectivity index (χ1) is 7.35. The van der Waals surface area contributed by atoms with E-state index in [2.05, 4.69) is 52.9 Å². The van der Waals surface area contributed by atoms with Gasteiger partial charge in [0.1, 0.15) is 0 Å². The second-order valence-corrected chi connectivity index (χ2v) is 9.14. The summed E-state index contributed by atoms with van der Waals surface area (Å²) >= 11 is 0. The average Bonchev–Trinajstić information content (AvgIpc) is 2.45. The van der Waals surface area contributed by atoms with Crippen molar-refractivity contribution in [3.8, 4) is 0 Å². The maximum absolute atomic E-state index is 5.08. The fourth-order valence-electron chi connectivity index (χ4n) is 2.61. The van der Waals surface area contributed by atoms with E-state index in [0.29, 0.717) is 6.04 Å². The zero-order valence-corrected chi connectivity index (χ0v) is 17.2. The van der Waals surface area contributed by atoms with Crippen LogP contribution in [-0.2, 0) is 21.7 Å². The van der Waals surface area contributed by atoms with Gasteiger partial charge in [-0.1, -0.05) is 69.2 Å². The molecule has 1 unspecified atom stereocenters. The van der Waals surface area contributed by atoms with Crippen LogP contribution in [0.5, 0.6) is 0 Å². The van der Waals surface area contributed by atoms with E-state index in [1.807, 2.05) is 0 Å². The Kier molecular flexibility index (Phi) is 14.0. The monoisotopic (exact) mass is 354 g/mol. The van der Waals surface area contributed by atoms with E-state index in [1.54, 1.807) is 0 Å². The van der Waals surface area contributed by atoms with Crippen molar-refractivity contribution >= 4 is 8.80 Å². The summed E-state index contributed by atoms with van der Waals surface area (Å²) in [6, 6.07) is 1.67. The number of nitrogens with zero attached hydrogens (tertiary/aromatic N) is 1. The largest absolute Gasteiger partial charge is 3.00 e. The summed E-state index contributed by atoms with van der Waals surface area (Å²) in [5, 5.41) is 5.08. The normalized spacial score (nSPS) is 17.9. The van der Waals surface area contributed by atoms with Crippen molar-refractivity contribution in [3.05, 3.63) is 28.6 Å². The molecule has 0 saturated heterocycles. The Hall–Kier alpha value is 0.951. The molecule has 1 atom stereocenters. The van der Waals surface area contributed by atoms with Gasteiger partial charge in [0.15, 0.2) is 0 Å². The Morgan fingerprint density at radius 3 is 2.16 bits per heavy atom. The van der Waals surface area contributed by atoms with Crippen LogP contribution < -0.4 is 24.8 Å². The van der Waals surface area contributed by atoms with Gasteiger partial charge in [-0.15, -0.1) is 5.54 Å². The summed E-state index contributed by atoms with van der Waals surface area (Å²) in [4.78, 5) is 0. The first-order valence-corrected chi connectivity index (χ1v) is 9.57. The van der Waals surface area contributed by atoms with E-state index >= 15 is 0 Å². The molecule has 0 amide bonds. The molecular formula is C14H26Cl2NSiTi. The Balaban J connectivity index is -0.000000853. The fourth-order valence-corrected chi connectivity index (χ4v) is 4.71. The van der Waals surface area contributed by atoms with E-state index in [0.717, 1.165) is 6.42 Å². The number of hydrogen-bond acceptors (Lipinski definition) is 0. The van der Waals surface area contributed by atoms with Crippen molar-refractivity contribution in [1.29, 1.82) is 0 Å². The van der Waals surface area contributed by atoms with Crippen LogP contribution in [0.4, 0.5) is 0 Å². The summed E-state index contributed by atoms with van der Waals surface area (Å²) in [6.45, 7) is 13.8. The maximum Gasteiger partial charge on any atom is 3.00 e. The van der Waals surface area contributed by atoms with Gasteiger partial charge in [-0.2, -0.15) is 0 Å². The summed E-state index contributed by atoms with van der Waals surface area (Å²) in [6.07, 6.45) is 5.61. The zero-order chi connectivity index (χ0) is 12.3. The smallest absolute Gasteiger partial charge is 1.00 e. The van der Waals surface area contributed by atoms with E-state index in [4.69, 9.17) is 5.32 Å². The van der Waals surface area contributed by atoms with Crippen LogP contribution in [0.3, 0.4) is 0 Å². The minimum Gasteiger partial charge on any atom is -1.00 e. The molecule has 1 aliphatic carbocycles. The van der Waals surface area contributed by atoms with Gasteiger partial charge >= 0.3 is 21.7 Å². The van der Waals surface area contributed by atoms with Gasteiger partial charge in [0, 0.05) is 8.80 Å². The van der Waals surface area contributed by atoms with Crippen LogP contribution in [0, 0.1) is 0 Å². The predicted octanol–water partition coefficient (Wildman–Crippen LogP) is -1.70. The second-order valence-electron chi connectivity index (χ2n) is 5.95. The third kappa shape index (κ3) is 8.09. The van der Waals surface area contributed by atoms with Crippen LogP contribution in [0.15, 0.2) is 23.3 Å². The van der Waals surface area contributed by atoms with Gasteiger partial charge in [0.25, 0.3) is 0 Å². The third-order valence-corrected chi connectivity index (χ3v) is 4.95. The van der Waals surface area contributed by atoms with Gasteiger partial charge in [-0.05, 0) is 13.3 Å². The van der Waals surface area contributed by atoms with Crippen LogP contribution in [0.25, 0.3) is 5.32 Å². The third-order valence-electron chi connectivity index (χ3n) is 3.14. The zero-order valence-electron chi connectivity index (χ0n) is 12.9. The number of hydrogen-bond donors (Lipinski definition) is 0. The molecule has 0 saturated carbocycles. The molecule has 109 valence electrons. The molecule has 1 radical (unpaired) electrons. The maximum atomic E-state index is 5.08. The quantitative estimate of drug-likeness (QED) is 0.522. The molecule has 0 bridgehead atoms. The van der Waals surface area contributed by atoms with Crippen molar-refractivity contribution in [3.63, 3.8) is 0 Å². The fraction of sp³-hybridized carbons (Fsp3) is 0.714. The minimum atomic E-state index is -0.538. The molecule has 19 heavy (non-hydrogen) atoms. The van der Waals surface area contributed by atoms with E-state index in [-0.39, 0.29) is 52.1 Å². The van der Waals surface area contributed by atoms with Gasteiger partial charge in [-0.25, -0.2) is 0 Å². The van der Waals surface area contributed by atoms with Gasteiger partial charge in [0.05, 0.1) is 0 Å². The summed E-state index contributed by atoms with van der Waals surface area (Å²) in [5.74, 6) is 0. The molecule has 0 aromatic carbocycles. The second kappa shape index (κ2) is 10.6. The molecule has 0 N–H and O–H groups in total. The van der Waals surface area contributed by atoms with Crippen molar-refractivity contribution in [2.24, 2.45) is 0 Å². The molecule has 5 heteroatoms. The number of rotatable bonds is 5. The van der Waals surface area contributed by atoms with E-state index < -0.39 is 8.80 Å². The molecule has 0 aliphatic heterocycles. The number of allylic oxidation sites excluding steroid dienone is 2. The average molecular weight is 355 g/mol. The molecule has 0 heterocycles. The molecule has 0 fully saturated rings. The first-order valence-electron chi connectivity index (χ1n) is 6.45. The van der Waals surface area contributed by atoms with Crippen molar-refractivity contribution < 1.29 is 46.5 Å². The summed E-state index contributed by atoms with van der Waals surface area (Å²) in [5.41, 5.74) is 3.05. The standard InChI is InChI=1S/C14H26NSi.2ClH.Ti/c1-7-12-9-8-11(2)13(12)15-14(3,4)10-16(5)6;;;/h8-9,13,16H,7,10H2,1-6H3;2*1H;/q-1;;;+3/p-2.